The minimum atomic E-state index is -0.624. The Labute approximate surface area is 90.4 Å². The van der Waals surface area contributed by atoms with E-state index in [2.05, 4.69) is 5.32 Å². The minimum Gasteiger partial charge on any atom is -0.295 e. The van der Waals surface area contributed by atoms with Gasteiger partial charge in [-0.3, -0.25) is 24.5 Å². The smallest absolute Gasteiger partial charge is 0.259 e. The van der Waals surface area contributed by atoms with Crippen LogP contribution in [0.1, 0.15) is 26.3 Å². The summed E-state index contributed by atoms with van der Waals surface area (Å²) in [6.45, 7) is 0. The molecule has 0 aliphatic carbocycles. The summed E-state index contributed by atoms with van der Waals surface area (Å²) in [5.74, 6) is -1.62. The fourth-order valence-electron chi connectivity index (χ4n) is 1.67. The van der Waals surface area contributed by atoms with Crippen LogP contribution in [0.2, 0.25) is 0 Å². The lowest BCUT2D eigenvalue weighted by molar-refractivity contribution is -0.129. The van der Waals surface area contributed by atoms with E-state index in [1.807, 2.05) is 0 Å². The van der Waals surface area contributed by atoms with Crippen LogP contribution in [-0.4, -0.2) is 23.9 Å². The Balaban J connectivity index is 2.49. The molecule has 80 valence electrons. The molecule has 0 fully saturated rings. The van der Waals surface area contributed by atoms with Crippen LogP contribution in [-0.2, 0) is 16.0 Å². The topological polar surface area (TPSA) is 80.3 Å². The molecule has 0 bridgehead atoms. The van der Waals surface area contributed by atoms with Crippen molar-refractivity contribution in [2.24, 2.45) is 0 Å². The molecular formula is C11H7NO4. The van der Waals surface area contributed by atoms with Crippen molar-refractivity contribution in [1.29, 1.82) is 0 Å². The summed E-state index contributed by atoms with van der Waals surface area (Å²) in [5, 5.41) is 2.14. The summed E-state index contributed by atoms with van der Waals surface area (Å²) in [4.78, 5) is 44.0. The number of benzene rings is 1. The van der Waals surface area contributed by atoms with Crippen LogP contribution in [0.3, 0.4) is 0 Å². The number of hydrogen-bond acceptors (Lipinski definition) is 4. The molecule has 0 atom stereocenters. The van der Waals surface area contributed by atoms with Crippen molar-refractivity contribution >= 4 is 23.9 Å². The maximum atomic E-state index is 11.4. The number of aldehydes is 1. The van der Waals surface area contributed by atoms with Gasteiger partial charge in [0.1, 0.15) is 0 Å². The number of imide groups is 1. The molecule has 2 amide bonds. The van der Waals surface area contributed by atoms with E-state index in [-0.39, 0.29) is 23.8 Å². The standard InChI is InChI=1S/C11H7NO4/c13-5-7(14)4-6-2-1-3-8-9(6)11(16)12-10(8)15/h1-3,5H,4H2,(H,12,15,16). The predicted molar refractivity (Wildman–Crippen MR) is 53.0 cm³/mol. The van der Waals surface area contributed by atoms with Gasteiger partial charge in [-0.2, -0.15) is 0 Å². The van der Waals surface area contributed by atoms with Crippen LogP contribution >= 0.6 is 0 Å². The molecule has 16 heavy (non-hydrogen) atoms. The van der Waals surface area contributed by atoms with Gasteiger partial charge in [0.15, 0.2) is 12.1 Å². The summed E-state index contributed by atoms with van der Waals surface area (Å²) in [6, 6.07) is 4.63. The summed E-state index contributed by atoms with van der Waals surface area (Å²) >= 11 is 0. The van der Waals surface area contributed by atoms with Gasteiger partial charge in [-0.05, 0) is 11.6 Å². The molecule has 2 rings (SSSR count). The van der Waals surface area contributed by atoms with E-state index in [0.717, 1.165) is 0 Å². The third-order valence-corrected chi connectivity index (χ3v) is 2.35. The van der Waals surface area contributed by atoms with E-state index in [1.54, 1.807) is 12.1 Å². The van der Waals surface area contributed by atoms with Crippen LogP contribution in [0.15, 0.2) is 18.2 Å². The molecule has 0 saturated carbocycles. The Kier molecular flexibility index (Phi) is 2.36. The van der Waals surface area contributed by atoms with Crippen LogP contribution in [0.5, 0.6) is 0 Å². The van der Waals surface area contributed by atoms with Gasteiger partial charge in [0.2, 0.25) is 0 Å². The zero-order valence-electron chi connectivity index (χ0n) is 8.15. The van der Waals surface area contributed by atoms with Crippen molar-refractivity contribution < 1.29 is 19.2 Å². The largest absolute Gasteiger partial charge is 0.295 e. The lowest BCUT2D eigenvalue weighted by Crippen LogP contribution is -2.20. The van der Waals surface area contributed by atoms with Gasteiger partial charge in [-0.15, -0.1) is 0 Å². The van der Waals surface area contributed by atoms with Crippen LogP contribution in [0.25, 0.3) is 0 Å². The first-order valence-corrected chi connectivity index (χ1v) is 4.59. The first kappa shape index (κ1) is 10.2. The highest BCUT2D eigenvalue weighted by Crippen LogP contribution is 2.20. The Morgan fingerprint density at radius 2 is 2.00 bits per heavy atom. The van der Waals surface area contributed by atoms with Crippen molar-refractivity contribution in [3.63, 3.8) is 0 Å². The van der Waals surface area contributed by atoms with Crippen molar-refractivity contribution in [2.45, 2.75) is 6.42 Å². The van der Waals surface area contributed by atoms with Crippen LogP contribution in [0, 0.1) is 0 Å². The molecule has 5 heteroatoms. The molecular weight excluding hydrogens is 210 g/mol. The van der Waals surface area contributed by atoms with Gasteiger partial charge >= 0.3 is 0 Å². The van der Waals surface area contributed by atoms with Crippen molar-refractivity contribution in [2.75, 3.05) is 0 Å². The maximum absolute atomic E-state index is 11.4. The quantitative estimate of drug-likeness (QED) is 0.435. The number of carbonyl (C=O) groups excluding carboxylic acids is 4. The number of ketones is 1. The molecule has 1 aliphatic rings. The summed E-state index contributed by atoms with van der Waals surface area (Å²) in [7, 11) is 0. The van der Waals surface area contributed by atoms with Gasteiger partial charge in [-0.25, -0.2) is 0 Å². The number of fused-ring (bicyclic) bond motifs is 1. The van der Waals surface area contributed by atoms with E-state index in [4.69, 9.17) is 0 Å². The fraction of sp³-hybridized carbons (Fsp3) is 0.0909. The molecule has 0 spiro atoms. The Hall–Kier alpha value is -2.30. The third-order valence-electron chi connectivity index (χ3n) is 2.35. The second-order valence-corrected chi connectivity index (χ2v) is 3.38. The zero-order valence-corrected chi connectivity index (χ0v) is 8.15. The van der Waals surface area contributed by atoms with E-state index in [0.29, 0.717) is 5.56 Å². The normalized spacial score (nSPS) is 13.2. The van der Waals surface area contributed by atoms with Gasteiger partial charge < -0.3 is 0 Å². The molecule has 0 saturated heterocycles. The van der Waals surface area contributed by atoms with E-state index in [9.17, 15) is 19.2 Å². The minimum absolute atomic E-state index is 0.159. The molecule has 1 aromatic carbocycles. The fourth-order valence-corrected chi connectivity index (χ4v) is 1.67. The van der Waals surface area contributed by atoms with Gasteiger partial charge in [0.05, 0.1) is 11.1 Å². The second kappa shape index (κ2) is 3.69. The van der Waals surface area contributed by atoms with Crippen LogP contribution < -0.4 is 5.32 Å². The SMILES string of the molecule is O=CC(=O)Cc1cccc2c1C(=O)NC2=O. The van der Waals surface area contributed by atoms with Crippen molar-refractivity contribution in [3.8, 4) is 0 Å². The summed E-state index contributed by atoms with van der Waals surface area (Å²) in [5.41, 5.74) is 0.849. The summed E-state index contributed by atoms with van der Waals surface area (Å²) < 4.78 is 0. The molecule has 1 heterocycles. The molecule has 0 radical (unpaired) electrons. The third kappa shape index (κ3) is 1.52. The van der Waals surface area contributed by atoms with E-state index >= 15 is 0 Å². The average molecular weight is 217 g/mol. The molecule has 0 unspecified atom stereocenters. The second-order valence-electron chi connectivity index (χ2n) is 3.38. The zero-order chi connectivity index (χ0) is 11.7. The Morgan fingerprint density at radius 1 is 1.25 bits per heavy atom. The van der Waals surface area contributed by atoms with Crippen molar-refractivity contribution in [3.05, 3.63) is 34.9 Å². The monoisotopic (exact) mass is 217 g/mol. The number of amides is 2. The number of hydrogen-bond donors (Lipinski definition) is 1. The molecule has 0 aromatic heterocycles. The average Bonchev–Trinajstić information content (AvgIpc) is 2.56. The van der Waals surface area contributed by atoms with Crippen molar-refractivity contribution in [1.82, 2.24) is 5.32 Å². The van der Waals surface area contributed by atoms with Gasteiger partial charge in [0.25, 0.3) is 11.8 Å². The van der Waals surface area contributed by atoms with Gasteiger partial charge in [0, 0.05) is 6.42 Å². The van der Waals surface area contributed by atoms with E-state index < -0.39 is 17.6 Å². The van der Waals surface area contributed by atoms with Crippen LogP contribution in [0.4, 0.5) is 0 Å². The first-order valence-electron chi connectivity index (χ1n) is 4.59. The molecule has 1 aromatic rings. The molecule has 5 nitrogen and oxygen atoms in total. The molecule has 1 N–H and O–H groups in total. The Bertz CT molecular complexity index is 519. The molecule has 1 aliphatic heterocycles. The number of Topliss-reactive ketones (excluding diaryl/α,β-unsaturated/α-hetero) is 1. The lowest BCUT2D eigenvalue weighted by Gasteiger charge is -2.01. The highest BCUT2D eigenvalue weighted by atomic mass is 16.2. The summed E-state index contributed by atoms with van der Waals surface area (Å²) in [6.07, 6.45) is 0.0431. The number of rotatable bonds is 3. The number of carbonyl (C=O) groups is 4. The highest BCUT2D eigenvalue weighted by molar-refractivity contribution is 6.27. The predicted octanol–water partition coefficient (Wildman–Crippen LogP) is -0.119. The van der Waals surface area contributed by atoms with Gasteiger partial charge in [-0.1, -0.05) is 12.1 Å². The lowest BCUT2D eigenvalue weighted by atomic mass is 9.99. The maximum Gasteiger partial charge on any atom is 0.259 e. The Morgan fingerprint density at radius 3 is 2.69 bits per heavy atom. The highest BCUT2D eigenvalue weighted by Gasteiger charge is 2.29. The van der Waals surface area contributed by atoms with E-state index in [1.165, 1.54) is 6.07 Å². The first-order chi connectivity index (χ1) is 7.63. The number of nitrogens with one attached hydrogen (secondary N) is 1.